The zero-order chi connectivity index (χ0) is 48.3. The van der Waals surface area contributed by atoms with Gasteiger partial charge in [-0.05, 0) is 17.5 Å². The summed E-state index contributed by atoms with van der Waals surface area (Å²) in [5.74, 6) is -71.3. The second kappa shape index (κ2) is 17.8. The number of benzene rings is 6. The van der Waals surface area contributed by atoms with Crippen LogP contribution in [0.2, 0.25) is 0 Å². The fourth-order valence-electron chi connectivity index (χ4n) is 7.08. The first-order chi connectivity index (χ1) is 30.4. The first-order valence-electron chi connectivity index (χ1n) is 17.4. The number of carbonyl (C=O) groups excluding carboxylic acids is 1. The molecule has 0 unspecified atom stereocenters. The zero-order valence-electron chi connectivity index (χ0n) is 31.0. The van der Waals surface area contributed by atoms with Crippen LogP contribution in [0.5, 0.6) is 0 Å². The maximum absolute atomic E-state index is 15.4. The van der Waals surface area contributed by atoms with E-state index in [0.29, 0.717) is 6.54 Å². The van der Waals surface area contributed by atoms with Crippen molar-refractivity contribution in [1.82, 2.24) is 0 Å². The Morgan fingerprint density at radius 1 is 0.400 bits per heavy atom. The fourth-order valence-corrected chi connectivity index (χ4v) is 7.29. The highest BCUT2D eigenvalue weighted by Crippen LogP contribution is 2.31. The molecule has 0 saturated heterocycles. The largest absolute Gasteiger partial charge is 0.287 e. The van der Waals surface area contributed by atoms with Crippen LogP contribution in [0.25, 0.3) is 10.8 Å². The minimum absolute atomic E-state index is 0.108. The molecule has 24 heteroatoms. The summed E-state index contributed by atoms with van der Waals surface area (Å²) in [7, 11) is 0. The van der Waals surface area contributed by atoms with Crippen molar-refractivity contribution in [3.05, 3.63) is 189 Å². The number of hydrogen-bond donors (Lipinski definition) is 1. The van der Waals surface area contributed by atoms with Crippen LogP contribution in [0, 0.1) is 116 Å². The summed E-state index contributed by atoms with van der Waals surface area (Å²) >= 11 is 4.35. The van der Waals surface area contributed by atoms with Gasteiger partial charge in [-0.2, -0.15) is 4.57 Å². The third-order valence-corrected chi connectivity index (χ3v) is 10.2. The number of hydrogen-bond acceptors (Lipinski definition) is 2. The van der Waals surface area contributed by atoms with Crippen LogP contribution in [0.3, 0.4) is 0 Å². The van der Waals surface area contributed by atoms with E-state index in [-0.39, 0.29) is 5.78 Å². The van der Waals surface area contributed by atoms with Gasteiger partial charge in [0, 0.05) is 21.9 Å². The van der Waals surface area contributed by atoms with Crippen molar-refractivity contribution in [2.75, 3.05) is 0 Å². The third kappa shape index (κ3) is 7.69. The molecule has 6 aromatic carbocycles. The minimum atomic E-state index is -7.22. The summed E-state index contributed by atoms with van der Waals surface area (Å²) in [4.78, 5) is 13.1. The number of thiol groups is 1. The standard InChI is InChI=1S/C24BF20.C17H13NOS/c26-5-1(6(27)14(35)21(42)13(5)34)25(2-7(28)15(36)22(43)16(37)8(2)29,3-9(30)17(38)23(44)18(39)10(3)31)4-11(32)19(40)24(45)20(41)12(4)33;19-17(14-4-2-1-3-5-14)12-18-9-8-13-6-7-16(20)10-15(13)11-18/h;1-11H,12H2/q-1;/p+1. The molecule has 0 amide bonds. The van der Waals surface area contributed by atoms with Crippen molar-refractivity contribution < 1.29 is 97.2 Å². The summed E-state index contributed by atoms with van der Waals surface area (Å²) in [6.45, 7) is 0.344. The molecular weight excluding hydrogens is 945 g/mol. The second-order valence-corrected chi connectivity index (χ2v) is 14.0. The third-order valence-electron chi connectivity index (χ3n) is 9.95. The number of carbonyl (C=O) groups is 1. The molecule has 0 aliphatic heterocycles. The number of aromatic nitrogens is 1. The molecule has 65 heavy (non-hydrogen) atoms. The highest BCUT2D eigenvalue weighted by Gasteiger charge is 2.52. The van der Waals surface area contributed by atoms with Gasteiger partial charge in [0.1, 0.15) is 52.7 Å². The number of nitrogens with zero attached hydrogens (tertiary/aromatic N) is 1. The maximum Gasteiger partial charge on any atom is 0.227 e. The molecule has 1 aromatic heterocycles. The summed E-state index contributed by atoms with van der Waals surface area (Å²) in [5, 5.41) is 2.23. The topological polar surface area (TPSA) is 20.9 Å². The maximum atomic E-state index is 15.4. The normalized spacial score (nSPS) is 11.6. The van der Waals surface area contributed by atoms with Gasteiger partial charge in [-0.1, -0.05) is 36.4 Å². The van der Waals surface area contributed by atoms with Gasteiger partial charge in [0.05, 0.1) is 0 Å². The summed E-state index contributed by atoms with van der Waals surface area (Å²) in [6.07, 6.45) is -3.30. The van der Waals surface area contributed by atoms with Gasteiger partial charge in [0.25, 0.3) is 0 Å². The predicted octanol–water partition coefficient (Wildman–Crippen LogP) is 9.14. The molecule has 0 aliphatic carbocycles. The van der Waals surface area contributed by atoms with Crippen LogP contribution in [0.4, 0.5) is 87.8 Å². The van der Waals surface area contributed by atoms with Gasteiger partial charge in [0.2, 0.25) is 12.3 Å². The van der Waals surface area contributed by atoms with E-state index in [4.69, 9.17) is 0 Å². The smallest absolute Gasteiger partial charge is 0.227 e. The molecule has 338 valence electrons. The molecule has 0 aliphatic rings. The molecule has 0 spiro atoms. The Morgan fingerprint density at radius 2 is 0.708 bits per heavy atom. The summed E-state index contributed by atoms with van der Waals surface area (Å²) in [6, 6.07) is 17.4. The Kier molecular flexibility index (Phi) is 13.1. The van der Waals surface area contributed by atoms with E-state index in [1.54, 1.807) is 0 Å². The lowest BCUT2D eigenvalue weighted by Crippen LogP contribution is -2.81. The van der Waals surface area contributed by atoms with E-state index in [9.17, 15) is 57.5 Å². The highest BCUT2D eigenvalue weighted by molar-refractivity contribution is 7.80. The molecule has 0 N–H and O–H groups in total. The van der Waals surface area contributed by atoms with E-state index >= 15 is 35.1 Å². The van der Waals surface area contributed by atoms with E-state index in [1.807, 2.05) is 71.6 Å². The van der Waals surface area contributed by atoms with Crippen molar-refractivity contribution in [1.29, 1.82) is 0 Å². The molecule has 0 atom stereocenters. The van der Waals surface area contributed by atoms with Gasteiger partial charge in [-0.3, -0.25) is 4.79 Å². The lowest BCUT2D eigenvalue weighted by molar-refractivity contribution is -0.681. The Balaban J connectivity index is 0.000000289. The van der Waals surface area contributed by atoms with Crippen LogP contribution in [-0.2, 0) is 6.54 Å². The average Bonchev–Trinajstić information content (AvgIpc) is 3.29. The van der Waals surface area contributed by atoms with E-state index in [1.165, 1.54) is 0 Å². The van der Waals surface area contributed by atoms with E-state index in [2.05, 4.69) is 12.6 Å². The second-order valence-electron chi connectivity index (χ2n) is 13.5. The Bertz CT molecular complexity index is 2730. The number of halogens is 20. The van der Waals surface area contributed by atoms with Crippen molar-refractivity contribution in [3.8, 4) is 0 Å². The van der Waals surface area contributed by atoms with E-state index in [0.717, 1.165) is 21.2 Å². The number of pyridine rings is 1. The number of fused-ring (bicyclic) bond motifs is 1. The Labute approximate surface area is 354 Å². The minimum Gasteiger partial charge on any atom is -0.287 e. The van der Waals surface area contributed by atoms with Gasteiger partial charge >= 0.3 is 0 Å². The van der Waals surface area contributed by atoms with E-state index < -0.39 is 144 Å². The molecule has 7 aromatic rings. The number of Topliss-reactive ketones (excluding diaryl/α,β-unsaturated/α-hetero) is 1. The zero-order valence-corrected chi connectivity index (χ0v) is 31.9. The highest BCUT2D eigenvalue weighted by atomic mass is 32.1. The Hall–Kier alpha value is -6.59. The molecule has 0 bridgehead atoms. The van der Waals surface area contributed by atoms with Crippen molar-refractivity contribution in [3.63, 3.8) is 0 Å². The number of rotatable bonds is 7. The predicted molar refractivity (Wildman–Crippen MR) is 191 cm³/mol. The quantitative estimate of drug-likeness (QED) is 0.0322. The van der Waals surface area contributed by atoms with Crippen LogP contribution in [-0.4, -0.2) is 11.9 Å². The van der Waals surface area contributed by atoms with Gasteiger partial charge < -0.3 is 0 Å². The first-order valence-corrected chi connectivity index (χ1v) is 17.8. The SMILES string of the molecule is Fc1c(F)c(F)c([B-](c2c(F)c(F)c(F)c(F)c2F)(c2c(F)c(F)c(F)c(F)c2F)c2c(F)c(F)c(F)c(F)c2F)c(F)c1F.O=C(C[n+]1ccc2ccc(S)cc2c1)c1ccccc1. The number of ketones is 1. The molecule has 2 nitrogen and oxygen atoms in total. The van der Waals surface area contributed by atoms with Crippen LogP contribution >= 0.6 is 12.6 Å². The molecule has 0 radical (unpaired) electrons. The van der Waals surface area contributed by atoms with Gasteiger partial charge in [0.15, 0.2) is 82.2 Å². The van der Waals surface area contributed by atoms with Crippen molar-refractivity contribution >= 4 is 57.2 Å². The monoisotopic (exact) mass is 959 g/mol. The first kappa shape index (κ1) is 47.9. The van der Waals surface area contributed by atoms with Crippen molar-refractivity contribution in [2.24, 2.45) is 0 Å². The van der Waals surface area contributed by atoms with Crippen molar-refractivity contribution in [2.45, 2.75) is 11.4 Å². The molecule has 0 fully saturated rings. The van der Waals surface area contributed by atoms with Gasteiger partial charge in [-0.15, -0.1) is 34.5 Å². The van der Waals surface area contributed by atoms with Crippen LogP contribution < -0.4 is 26.4 Å². The van der Waals surface area contributed by atoms with Crippen LogP contribution in [0.1, 0.15) is 10.4 Å². The van der Waals surface area contributed by atoms with Crippen LogP contribution in [0.15, 0.2) is 71.9 Å². The molecule has 7 rings (SSSR count). The average molecular weight is 959 g/mol. The lowest BCUT2D eigenvalue weighted by atomic mass is 9.12. The summed E-state index contributed by atoms with van der Waals surface area (Å²) in [5.41, 5.74) is -13.6. The van der Waals surface area contributed by atoms with Gasteiger partial charge in [-0.25, -0.2) is 87.8 Å². The molecule has 1 heterocycles. The summed E-state index contributed by atoms with van der Waals surface area (Å²) < 4.78 is 296. The fraction of sp³-hybridized carbons (Fsp3) is 0.0244. The Morgan fingerprint density at radius 3 is 1.03 bits per heavy atom. The lowest BCUT2D eigenvalue weighted by Gasteiger charge is -2.44. The molecule has 0 saturated carbocycles. The molecular formula is C41H14BF20NOS.